The second-order valence-electron chi connectivity index (χ2n) is 9.03. The van der Waals surface area contributed by atoms with Crippen LogP contribution < -0.4 is 0 Å². The van der Waals surface area contributed by atoms with Crippen LogP contribution in [0.3, 0.4) is 0 Å². The van der Waals surface area contributed by atoms with Gasteiger partial charge in [-0.15, -0.1) is 0 Å². The second kappa shape index (κ2) is 6.19. The van der Waals surface area contributed by atoms with Crippen molar-refractivity contribution in [2.24, 2.45) is 23.2 Å². The molecule has 0 amide bonds. The summed E-state index contributed by atoms with van der Waals surface area (Å²) in [4.78, 5) is 14.6. The number of esters is 1. The van der Waals surface area contributed by atoms with Crippen LogP contribution in [-0.2, 0) is 14.3 Å². The Morgan fingerprint density at radius 3 is 2.84 bits per heavy atom. The minimum atomic E-state index is -0.370. The van der Waals surface area contributed by atoms with E-state index in [2.05, 4.69) is 11.8 Å². The third-order valence-electron chi connectivity index (χ3n) is 7.41. The average molecular weight is 353 g/mol. The lowest BCUT2D eigenvalue weighted by Crippen LogP contribution is -2.56. The number of carbonyl (C=O) groups is 1. The predicted molar refractivity (Wildman–Crippen MR) is 90.8 cm³/mol. The van der Waals surface area contributed by atoms with Crippen molar-refractivity contribution < 1.29 is 24.5 Å². The first-order valence-corrected chi connectivity index (χ1v) is 9.71. The molecule has 4 fully saturated rings. The number of epoxide rings is 1. The molecule has 1 spiro atoms. The topological polar surface area (TPSA) is 82.5 Å². The Morgan fingerprint density at radius 2 is 2.16 bits per heavy atom. The van der Waals surface area contributed by atoms with Gasteiger partial charge in [-0.3, -0.25) is 4.79 Å². The number of aliphatic hydroxyl groups is 2. The summed E-state index contributed by atoms with van der Waals surface area (Å²) in [5, 5.41) is 19.5. The Morgan fingerprint density at radius 1 is 1.40 bits per heavy atom. The summed E-state index contributed by atoms with van der Waals surface area (Å²) in [5.74, 6) is 0.353. The third kappa shape index (κ3) is 2.82. The molecular formula is C19H31NO5. The molecule has 2 saturated heterocycles. The van der Waals surface area contributed by atoms with Crippen molar-refractivity contribution in [3.05, 3.63) is 0 Å². The van der Waals surface area contributed by atoms with Gasteiger partial charge in [0.15, 0.2) is 0 Å². The van der Waals surface area contributed by atoms with Gasteiger partial charge in [0.2, 0.25) is 0 Å². The van der Waals surface area contributed by atoms with Gasteiger partial charge in [0.05, 0.1) is 18.6 Å². The van der Waals surface area contributed by atoms with Crippen molar-refractivity contribution in [3.8, 4) is 0 Å². The van der Waals surface area contributed by atoms with Crippen LogP contribution in [0.15, 0.2) is 0 Å². The first-order chi connectivity index (χ1) is 11.9. The van der Waals surface area contributed by atoms with E-state index in [0.29, 0.717) is 19.1 Å². The van der Waals surface area contributed by atoms with Crippen molar-refractivity contribution in [1.82, 2.24) is 4.90 Å². The highest BCUT2D eigenvalue weighted by atomic mass is 16.6. The summed E-state index contributed by atoms with van der Waals surface area (Å²) in [6, 6.07) is 0. The zero-order valence-electron chi connectivity index (χ0n) is 15.3. The maximum absolute atomic E-state index is 12.5. The van der Waals surface area contributed by atoms with Crippen molar-refractivity contribution in [1.29, 1.82) is 0 Å². The Labute approximate surface area is 149 Å². The summed E-state index contributed by atoms with van der Waals surface area (Å²) < 4.78 is 11.6. The molecule has 6 heteroatoms. The second-order valence-corrected chi connectivity index (χ2v) is 9.03. The van der Waals surface area contributed by atoms with Gasteiger partial charge in [-0.2, -0.15) is 0 Å². The molecule has 2 aliphatic heterocycles. The first kappa shape index (κ1) is 17.7. The largest absolute Gasteiger partial charge is 0.462 e. The zero-order valence-corrected chi connectivity index (χ0v) is 15.3. The molecule has 2 N–H and O–H groups in total. The summed E-state index contributed by atoms with van der Waals surface area (Å²) in [5.41, 5.74) is -0.272. The van der Waals surface area contributed by atoms with Crippen LogP contribution in [0.2, 0.25) is 0 Å². The molecule has 0 aromatic carbocycles. The van der Waals surface area contributed by atoms with Gasteiger partial charge in [0.1, 0.15) is 11.7 Å². The van der Waals surface area contributed by atoms with Gasteiger partial charge in [0, 0.05) is 25.6 Å². The zero-order chi connectivity index (χ0) is 17.8. The van der Waals surface area contributed by atoms with Gasteiger partial charge in [-0.05, 0) is 50.5 Å². The fraction of sp³-hybridized carbons (Fsp3) is 0.947. The van der Waals surface area contributed by atoms with Gasteiger partial charge >= 0.3 is 5.97 Å². The first-order valence-electron chi connectivity index (χ1n) is 9.71. The molecule has 0 aromatic heterocycles. The lowest BCUT2D eigenvalue weighted by Gasteiger charge is -2.53. The quantitative estimate of drug-likeness (QED) is 0.562. The summed E-state index contributed by atoms with van der Waals surface area (Å²) in [7, 11) is 2.00. The van der Waals surface area contributed by atoms with Crippen molar-refractivity contribution in [3.63, 3.8) is 0 Å². The monoisotopic (exact) mass is 353 g/mol. The standard InChI is InChI=1S/C19H31NO5/c1-18-5-4-16(22)19(11-24-19)15(18)8-12-13(10-20(2)6-3-7-21)17(23)25-14(12)9-18/h12-16,21-22H,3-11H2,1-2H3/t12-,13+,14-,15-,16-,18-,19+/m1/s1. The minimum Gasteiger partial charge on any atom is -0.462 e. The summed E-state index contributed by atoms with van der Waals surface area (Å²) in [6.45, 7) is 4.58. The molecule has 4 aliphatic rings. The average Bonchev–Trinajstić information content (AvgIpc) is 3.31. The molecule has 2 saturated carbocycles. The van der Waals surface area contributed by atoms with Crippen molar-refractivity contribution in [2.75, 3.05) is 33.4 Å². The highest BCUT2D eigenvalue weighted by molar-refractivity contribution is 5.75. The molecule has 0 bridgehead atoms. The van der Waals surface area contributed by atoms with Gasteiger partial charge < -0.3 is 24.6 Å². The predicted octanol–water partition coefficient (Wildman–Crippen LogP) is 0.798. The molecule has 0 aromatic rings. The minimum absolute atomic E-state index is 0.0102. The molecule has 0 unspecified atom stereocenters. The molecule has 142 valence electrons. The summed E-state index contributed by atoms with van der Waals surface area (Å²) >= 11 is 0. The number of nitrogens with zero attached hydrogens (tertiary/aromatic N) is 1. The van der Waals surface area contributed by atoms with E-state index in [-0.39, 0.29) is 47.6 Å². The number of hydrogen-bond donors (Lipinski definition) is 2. The van der Waals surface area contributed by atoms with Gasteiger partial charge in [-0.25, -0.2) is 0 Å². The number of rotatable bonds is 5. The Balaban J connectivity index is 1.51. The molecule has 6 nitrogen and oxygen atoms in total. The molecule has 0 radical (unpaired) electrons. The smallest absolute Gasteiger partial charge is 0.310 e. The molecule has 2 heterocycles. The number of hydrogen-bond acceptors (Lipinski definition) is 6. The maximum Gasteiger partial charge on any atom is 0.310 e. The Kier molecular flexibility index (Phi) is 4.38. The maximum atomic E-state index is 12.5. The van der Waals surface area contributed by atoms with Crippen LogP contribution >= 0.6 is 0 Å². The van der Waals surface area contributed by atoms with Crippen LogP contribution in [0.4, 0.5) is 0 Å². The van der Waals surface area contributed by atoms with Gasteiger partial charge in [0.25, 0.3) is 0 Å². The van der Waals surface area contributed by atoms with E-state index >= 15 is 0 Å². The van der Waals surface area contributed by atoms with Crippen LogP contribution in [0, 0.1) is 23.2 Å². The van der Waals surface area contributed by atoms with Gasteiger partial charge in [-0.1, -0.05) is 6.92 Å². The fourth-order valence-corrected chi connectivity index (χ4v) is 5.89. The van der Waals surface area contributed by atoms with Crippen molar-refractivity contribution >= 4 is 5.97 Å². The van der Waals surface area contributed by atoms with E-state index < -0.39 is 0 Å². The highest BCUT2D eigenvalue weighted by Crippen LogP contribution is 2.62. The van der Waals surface area contributed by atoms with E-state index in [9.17, 15) is 9.90 Å². The fourth-order valence-electron chi connectivity index (χ4n) is 5.89. The van der Waals surface area contributed by atoms with Crippen molar-refractivity contribution in [2.45, 2.75) is 56.8 Å². The van der Waals surface area contributed by atoms with E-state index in [0.717, 1.165) is 38.6 Å². The Hall–Kier alpha value is -0.690. The molecule has 2 aliphatic carbocycles. The SMILES string of the molecule is CN(CCCO)C[C@@H]1C(=O)O[C@@H]2C[C@@]3(C)CC[C@@H](O)[C@]4(CO4)[C@@H]3C[C@H]12. The number of fused-ring (bicyclic) bond motifs is 3. The molecule has 25 heavy (non-hydrogen) atoms. The van der Waals surface area contributed by atoms with Crippen LogP contribution in [0.5, 0.6) is 0 Å². The van der Waals surface area contributed by atoms with Crippen LogP contribution in [-0.4, -0.2) is 72.2 Å². The van der Waals surface area contributed by atoms with Crippen LogP contribution in [0.1, 0.15) is 39.0 Å². The van der Waals surface area contributed by atoms with E-state index in [1.165, 1.54) is 0 Å². The van der Waals surface area contributed by atoms with E-state index in [1.54, 1.807) is 0 Å². The summed E-state index contributed by atoms with van der Waals surface area (Å²) in [6.07, 6.45) is 3.92. The number of ether oxygens (including phenoxy) is 2. The lowest BCUT2D eigenvalue weighted by atomic mass is 9.52. The molecular weight excluding hydrogens is 322 g/mol. The van der Waals surface area contributed by atoms with E-state index in [4.69, 9.17) is 14.6 Å². The molecule has 4 rings (SSSR count). The highest BCUT2D eigenvalue weighted by Gasteiger charge is 2.68. The Bertz CT molecular complexity index is 536. The van der Waals surface area contributed by atoms with Crippen LogP contribution in [0.25, 0.3) is 0 Å². The normalized spacial score (nSPS) is 48.4. The third-order valence-corrected chi connectivity index (χ3v) is 7.41. The molecule has 7 atom stereocenters. The number of aliphatic hydroxyl groups excluding tert-OH is 2. The number of carbonyl (C=O) groups excluding carboxylic acids is 1. The van der Waals surface area contributed by atoms with E-state index in [1.807, 2.05) is 7.05 Å². The lowest BCUT2D eigenvalue weighted by molar-refractivity contribution is -0.149.